The number of carbonyl (C=O) groups excluding carboxylic acids is 1. The van der Waals surface area contributed by atoms with Gasteiger partial charge in [0.1, 0.15) is 5.75 Å². The van der Waals surface area contributed by atoms with Crippen LogP contribution in [0.4, 0.5) is 0 Å². The molecule has 0 N–H and O–H groups in total. The number of amides is 1. The Bertz CT molecular complexity index is 1030. The van der Waals surface area contributed by atoms with E-state index < -0.39 is 0 Å². The standard InChI is InChI=1S/C20H19ClN2O2S/c1-4-9-23-17-11-13(2)10-14(3)19(17)26-20(23)22-18(24)12-25-16-7-5-15(21)6-8-16/h4-8,10-11H,1,9,12H2,2-3H3. The summed E-state index contributed by atoms with van der Waals surface area (Å²) in [4.78, 5) is 17.2. The van der Waals surface area contributed by atoms with Gasteiger partial charge in [-0.05, 0) is 55.3 Å². The molecule has 6 heteroatoms. The SMILES string of the molecule is C=CCn1c(=NC(=O)COc2ccc(Cl)cc2)sc2c(C)cc(C)cc21. The van der Waals surface area contributed by atoms with Crippen LogP contribution in [0.5, 0.6) is 5.75 Å². The molecule has 0 unspecified atom stereocenters. The summed E-state index contributed by atoms with van der Waals surface area (Å²) in [5, 5.41) is 0.620. The van der Waals surface area contributed by atoms with Gasteiger partial charge in [-0.1, -0.05) is 35.1 Å². The molecule has 0 saturated heterocycles. The third-order valence-corrected chi connectivity index (χ3v) is 5.30. The molecule has 0 aliphatic rings. The quantitative estimate of drug-likeness (QED) is 0.598. The molecule has 0 aliphatic carbocycles. The normalized spacial score (nSPS) is 11.7. The van der Waals surface area contributed by atoms with Gasteiger partial charge < -0.3 is 9.30 Å². The highest BCUT2D eigenvalue weighted by Crippen LogP contribution is 2.23. The molecule has 2 aromatic carbocycles. The minimum Gasteiger partial charge on any atom is -0.484 e. The van der Waals surface area contributed by atoms with Gasteiger partial charge in [0.2, 0.25) is 0 Å². The molecular formula is C20H19ClN2O2S. The molecule has 134 valence electrons. The molecule has 1 heterocycles. The molecule has 0 saturated carbocycles. The molecule has 0 radical (unpaired) electrons. The summed E-state index contributed by atoms with van der Waals surface area (Å²) in [6.07, 6.45) is 1.80. The van der Waals surface area contributed by atoms with E-state index in [4.69, 9.17) is 16.3 Å². The molecule has 0 bridgehead atoms. The van der Waals surface area contributed by atoms with E-state index in [0.29, 0.717) is 22.1 Å². The Hall–Kier alpha value is -2.37. The number of allylic oxidation sites excluding steroid dienone is 1. The predicted octanol–water partition coefficient (Wildman–Crippen LogP) is 4.67. The smallest absolute Gasteiger partial charge is 0.286 e. The molecule has 26 heavy (non-hydrogen) atoms. The average Bonchev–Trinajstić information content (AvgIpc) is 2.93. The van der Waals surface area contributed by atoms with Gasteiger partial charge in [0.15, 0.2) is 11.4 Å². The van der Waals surface area contributed by atoms with Crippen molar-refractivity contribution in [1.29, 1.82) is 0 Å². The number of aromatic nitrogens is 1. The lowest BCUT2D eigenvalue weighted by atomic mass is 10.1. The number of halogens is 1. The van der Waals surface area contributed by atoms with Crippen LogP contribution in [0.2, 0.25) is 5.02 Å². The van der Waals surface area contributed by atoms with Crippen LogP contribution in [-0.2, 0) is 11.3 Å². The molecule has 0 atom stereocenters. The maximum Gasteiger partial charge on any atom is 0.286 e. The Morgan fingerprint density at radius 1 is 1.31 bits per heavy atom. The first-order valence-corrected chi connectivity index (χ1v) is 9.35. The number of hydrogen-bond donors (Lipinski definition) is 0. The number of fused-ring (bicyclic) bond motifs is 1. The second-order valence-corrected chi connectivity index (χ2v) is 7.38. The highest BCUT2D eigenvalue weighted by molar-refractivity contribution is 7.16. The summed E-state index contributed by atoms with van der Waals surface area (Å²) in [6.45, 7) is 8.41. The van der Waals surface area contributed by atoms with E-state index in [9.17, 15) is 4.79 Å². The van der Waals surface area contributed by atoms with Crippen molar-refractivity contribution in [1.82, 2.24) is 4.57 Å². The van der Waals surface area contributed by atoms with Crippen molar-refractivity contribution in [3.63, 3.8) is 0 Å². The van der Waals surface area contributed by atoms with Crippen molar-refractivity contribution < 1.29 is 9.53 Å². The van der Waals surface area contributed by atoms with Crippen molar-refractivity contribution in [2.45, 2.75) is 20.4 Å². The highest BCUT2D eigenvalue weighted by Gasteiger charge is 2.10. The summed E-state index contributed by atoms with van der Waals surface area (Å²) in [6, 6.07) is 11.1. The predicted molar refractivity (Wildman–Crippen MR) is 107 cm³/mol. The number of rotatable bonds is 5. The molecule has 1 aromatic heterocycles. The number of carbonyl (C=O) groups is 1. The largest absolute Gasteiger partial charge is 0.484 e. The summed E-state index contributed by atoms with van der Waals surface area (Å²) in [5.41, 5.74) is 3.42. The zero-order valence-corrected chi connectivity index (χ0v) is 16.2. The topological polar surface area (TPSA) is 43.6 Å². The third-order valence-electron chi connectivity index (χ3n) is 3.82. The molecule has 1 amide bonds. The fourth-order valence-corrected chi connectivity index (χ4v) is 3.95. The van der Waals surface area contributed by atoms with Gasteiger partial charge in [-0.3, -0.25) is 4.79 Å². The fourth-order valence-electron chi connectivity index (χ4n) is 2.72. The van der Waals surface area contributed by atoms with Gasteiger partial charge in [0.25, 0.3) is 5.91 Å². The van der Waals surface area contributed by atoms with E-state index in [1.165, 1.54) is 22.5 Å². The highest BCUT2D eigenvalue weighted by atomic mass is 35.5. The Morgan fingerprint density at radius 2 is 2.04 bits per heavy atom. The van der Waals surface area contributed by atoms with Crippen molar-refractivity contribution in [2.75, 3.05) is 6.61 Å². The second kappa shape index (κ2) is 7.89. The van der Waals surface area contributed by atoms with Crippen LogP contribution in [0.1, 0.15) is 11.1 Å². The van der Waals surface area contributed by atoms with Gasteiger partial charge in [0.05, 0.1) is 10.2 Å². The first-order valence-electron chi connectivity index (χ1n) is 8.15. The maximum atomic E-state index is 12.3. The summed E-state index contributed by atoms with van der Waals surface area (Å²) in [7, 11) is 0. The lowest BCUT2D eigenvalue weighted by molar-refractivity contribution is -0.120. The van der Waals surface area contributed by atoms with E-state index in [0.717, 1.165) is 10.2 Å². The van der Waals surface area contributed by atoms with E-state index in [2.05, 4.69) is 37.6 Å². The van der Waals surface area contributed by atoms with Crippen LogP contribution in [0.15, 0.2) is 54.0 Å². The lowest BCUT2D eigenvalue weighted by Crippen LogP contribution is -2.19. The van der Waals surface area contributed by atoms with Gasteiger partial charge in [-0.15, -0.1) is 6.58 Å². The fraction of sp³-hybridized carbons (Fsp3) is 0.200. The van der Waals surface area contributed by atoms with Crippen LogP contribution < -0.4 is 9.54 Å². The average molecular weight is 387 g/mol. The Balaban J connectivity index is 1.91. The van der Waals surface area contributed by atoms with Crippen molar-refractivity contribution in [2.24, 2.45) is 4.99 Å². The lowest BCUT2D eigenvalue weighted by Gasteiger charge is -2.04. The van der Waals surface area contributed by atoms with Crippen LogP contribution in [0, 0.1) is 13.8 Å². The van der Waals surface area contributed by atoms with E-state index in [1.54, 1.807) is 30.3 Å². The minimum atomic E-state index is -0.335. The Morgan fingerprint density at radius 3 is 2.73 bits per heavy atom. The molecular weight excluding hydrogens is 368 g/mol. The number of hydrogen-bond acceptors (Lipinski definition) is 3. The van der Waals surface area contributed by atoms with Gasteiger partial charge in [0, 0.05) is 11.6 Å². The molecule has 3 aromatic rings. The summed E-state index contributed by atoms with van der Waals surface area (Å²) < 4.78 is 8.62. The van der Waals surface area contributed by atoms with Gasteiger partial charge >= 0.3 is 0 Å². The third kappa shape index (κ3) is 4.06. The molecule has 0 fully saturated rings. The second-order valence-electron chi connectivity index (χ2n) is 5.96. The van der Waals surface area contributed by atoms with Gasteiger partial charge in [-0.2, -0.15) is 4.99 Å². The summed E-state index contributed by atoms with van der Waals surface area (Å²) in [5.74, 6) is 0.249. The monoisotopic (exact) mass is 386 g/mol. The van der Waals surface area contributed by atoms with Crippen LogP contribution in [-0.4, -0.2) is 17.1 Å². The Labute approximate surface area is 161 Å². The first-order chi connectivity index (χ1) is 12.5. The first kappa shape index (κ1) is 18.4. The van der Waals surface area contributed by atoms with Crippen molar-refractivity contribution in [3.05, 3.63) is 70.0 Å². The molecule has 0 spiro atoms. The van der Waals surface area contributed by atoms with E-state index in [-0.39, 0.29) is 12.5 Å². The molecule has 3 rings (SSSR count). The number of ether oxygens (including phenoxy) is 1. The Kier molecular flexibility index (Phi) is 5.59. The summed E-state index contributed by atoms with van der Waals surface area (Å²) >= 11 is 7.35. The van der Waals surface area contributed by atoms with Crippen LogP contribution >= 0.6 is 22.9 Å². The van der Waals surface area contributed by atoms with Crippen molar-refractivity contribution >= 4 is 39.1 Å². The zero-order chi connectivity index (χ0) is 18.7. The van der Waals surface area contributed by atoms with Crippen LogP contribution in [0.3, 0.4) is 0 Å². The van der Waals surface area contributed by atoms with E-state index >= 15 is 0 Å². The minimum absolute atomic E-state index is 0.123. The number of nitrogens with zero attached hydrogens (tertiary/aromatic N) is 2. The number of benzene rings is 2. The zero-order valence-electron chi connectivity index (χ0n) is 14.7. The van der Waals surface area contributed by atoms with Crippen LogP contribution in [0.25, 0.3) is 10.2 Å². The van der Waals surface area contributed by atoms with Gasteiger partial charge in [-0.25, -0.2) is 0 Å². The maximum absolute atomic E-state index is 12.3. The molecule has 0 aliphatic heterocycles. The van der Waals surface area contributed by atoms with Crippen molar-refractivity contribution in [3.8, 4) is 5.75 Å². The molecule has 4 nitrogen and oxygen atoms in total. The van der Waals surface area contributed by atoms with E-state index in [1.807, 2.05) is 4.57 Å². The number of aryl methyl sites for hydroxylation is 2. The number of thiazole rings is 1.